The van der Waals surface area contributed by atoms with Crippen LogP contribution in [0.25, 0.3) is 22.4 Å². The van der Waals surface area contributed by atoms with Gasteiger partial charge in [0.1, 0.15) is 5.65 Å². The molecule has 0 aliphatic carbocycles. The molecule has 5 nitrogen and oxygen atoms in total. The van der Waals surface area contributed by atoms with Gasteiger partial charge in [0.25, 0.3) is 5.56 Å². The maximum Gasteiger partial charge on any atom is 0.258 e. The molecule has 136 valence electrons. The van der Waals surface area contributed by atoms with Crippen LogP contribution in [0.2, 0.25) is 0 Å². The van der Waals surface area contributed by atoms with Gasteiger partial charge in [0.2, 0.25) is 0 Å². The second-order valence-corrected chi connectivity index (χ2v) is 7.30. The maximum atomic E-state index is 12.3. The van der Waals surface area contributed by atoms with Gasteiger partial charge in [-0.05, 0) is 36.4 Å². The van der Waals surface area contributed by atoms with Crippen LogP contribution in [-0.4, -0.2) is 18.9 Å². The van der Waals surface area contributed by atoms with Crippen LogP contribution in [0.3, 0.4) is 0 Å². The van der Waals surface area contributed by atoms with Gasteiger partial charge in [-0.25, -0.2) is 9.97 Å². The molecule has 0 atom stereocenters. The molecule has 0 unspecified atom stereocenters. The van der Waals surface area contributed by atoms with E-state index in [1.165, 1.54) is 0 Å². The summed E-state index contributed by atoms with van der Waals surface area (Å²) in [5.41, 5.74) is 4.39. The Morgan fingerprint density at radius 3 is 2.54 bits per heavy atom. The minimum atomic E-state index is -0.0715. The Morgan fingerprint density at radius 2 is 1.64 bits per heavy atom. The standard InChI is InChI=1S/C22H16N4OS/c27-21-14-16(23-20-12-6-7-13-25(20)21)15-28-22-24-18-10-4-5-11-19(18)26(22)17-8-2-1-3-9-17/h1-14H,15H2. The number of hydrogen-bond donors (Lipinski definition) is 0. The summed E-state index contributed by atoms with van der Waals surface area (Å²) in [6.45, 7) is 0. The van der Waals surface area contributed by atoms with E-state index in [0.29, 0.717) is 11.4 Å². The van der Waals surface area contributed by atoms with E-state index >= 15 is 0 Å². The highest BCUT2D eigenvalue weighted by molar-refractivity contribution is 7.98. The van der Waals surface area contributed by atoms with Crippen LogP contribution < -0.4 is 5.56 Å². The highest BCUT2D eigenvalue weighted by Gasteiger charge is 2.13. The van der Waals surface area contributed by atoms with Gasteiger partial charge in [0.05, 0.1) is 16.7 Å². The van der Waals surface area contributed by atoms with Gasteiger partial charge in [-0.1, -0.05) is 48.2 Å². The smallest absolute Gasteiger partial charge is 0.258 e. The van der Waals surface area contributed by atoms with Crippen molar-refractivity contribution >= 4 is 28.4 Å². The van der Waals surface area contributed by atoms with E-state index in [0.717, 1.165) is 27.6 Å². The van der Waals surface area contributed by atoms with E-state index in [4.69, 9.17) is 4.98 Å². The van der Waals surface area contributed by atoms with Gasteiger partial charge in [0.15, 0.2) is 5.16 Å². The first-order chi connectivity index (χ1) is 13.8. The van der Waals surface area contributed by atoms with Gasteiger partial charge < -0.3 is 0 Å². The minimum Gasteiger partial charge on any atom is -0.287 e. The van der Waals surface area contributed by atoms with Crippen LogP contribution in [0.4, 0.5) is 0 Å². The molecule has 3 aromatic heterocycles. The molecule has 0 aliphatic heterocycles. The number of thioether (sulfide) groups is 1. The monoisotopic (exact) mass is 384 g/mol. The Balaban J connectivity index is 1.55. The molecule has 6 heteroatoms. The lowest BCUT2D eigenvalue weighted by atomic mass is 10.3. The third kappa shape index (κ3) is 2.97. The number of imidazole rings is 1. The summed E-state index contributed by atoms with van der Waals surface area (Å²) < 4.78 is 3.70. The van der Waals surface area contributed by atoms with Gasteiger partial charge in [0, 0.05) is 23.7 Å². The predicted molar refractivity (Wildman–Crippen MR) is 112 cm³/mol. The van der Waals surface area contributed by atoms with Gasteiger partial charge in [-0.2, -0.15) is 0 Å². The molecule has 3 heterocycles. The third-order valence-corrected chi connectivity index (χ3v) is 5.49. The maximum absolute atomic E-state index is 12.3. The van der Waals surface area contributed by atoms with Crippen LogP contribution in [-0.2, 0) is 5.75 Å². The molecule has 0 amide bonds. The lowest BCUT2D eigenvalue weighted by Gasteiger charge is -2.09. The molecule has 0 bridgehead atoms. The Morgan fingerprint density at radius 1 is 0.857 bits per heavy atom. The number of pyridine rings is 1. The average molecular weight is 384 g/mol. The molecule has 2 aromatic carbocycles. The van der Waals surface area contributed by atoms with Crippen molar-refractivity contribution in [1.29, 1.82) is 0 Å². The lowest BCUT2D eigenvalue weighted by Crippen LogP contribution is -2.14. The van der Waals surface area contributed by atoms with Crippen molar-refractivity contribution in [3.8, 4) is 5.69 Å². The van der Waals surface area contributed by atoms with Crippen molar-refractivity contribution in [2.75, 3.05) is 0 Å². The molecule has 0 spiro atoms. The summed E-state index contributed by atoms with van der Waals surface area (Å²) >= 11 is 1.58. The average Bonchev–Trinajstić information content (AvgIpc) is 3.11. The first kappa shape index (κ1) is 16.8. The van der Waals surface area contributed by atoms with Gasteiger partial charge in [-0.15, -0.1) is 0 Å². The Hall–Kier alpha value is -3.38. The highest BCUT2D eigenvalue weighted by atomic mass is 32.2. The van der Waals surface area contributed by atoms with Crippen LogP contribution in [0.15, 0.2) is 95.0 Å². The summed E-state index contributed by atoms with van der Waals surface area (Å²) in [6, 6.07) is 25.4. The molecule has 0 fully saturated rings. The molecular formula is C22H16N4OS. The zero-order chi connectivity index (χ0) is 18.9. The summed E-state index contributed by atoms with van der Waals surface area (Å²) in [6.07, 6.45) is 1.73. The SMILES string of the molecule is O=c1cc(CSc2nc3ccccc3n2-c2ccccc2)nc2ccccn12. The van der Waals surface area contributed by atoms with E-state index in [-0.39, 0.29) is 5.56 Å². The first-order valence-electron chi connectivity index (χ1n) is 8.93. The van der Waals surface area contributed by atoms with E-state index in [2.05, 4.69) is 27.8 Å². The molecule has 28 heavy (non-hydrogen) atoms. The molecular weight excluding hydrogens is 368 g/mol. The quantitative estimate of drug-likeness (QED) is 0.433. The van der Waals surface area contributed by atoms with E-state index in [1.807, 2.05) is 54.6 Å². The number of benzene rings is 2. The van der Waals surface area contributed by atoms with Crippen molar-refractivity contribution in [3.05, 3.63) is 101 Å². The second kappa shape index (κ2) is 6.98. The van der Waals surface area contributed by atoms with Crippen molar-refractivity contribution in [3.63, 3.8) is 0 Å². The molecule has 5 rings (SSSR count). The van der Waals surface area contributed by atoms with E-state index < -0.39 is 0 Å². The molecule has 0 saturated heterocycles. The van der Waals surface area contributed by atoms with Crippen molar-refractivity contribution < 1.29 is 0 Å². The number of rotatable bonds is 4. The first-order valence-corrected chi connectivity index (χ1v) is 9.91. The molecule has 0 radical (unpaired) electrons. The van der Waals surface area contributed by atoms with Crippen molar-refractivity contribution in [1.82, 2.24) is 18.9 Å². The van der Waals surface area contributed by atoms with Crippen LogP contribution in [0.5, 0.6) is 0 Å². The molecule has 0 saturated carbocycles. The Kier molecular flexibility index (Phi) is 4.18. The normalized spacial score (nSPS) is 11.3. The van der Waals surface area contributed by atoms with E-state index in [9.17, 15) is 4.79 Å². The van der Waals surface area contributed by atoms with Crippen molar-refractivity contribution in [2.45, 2.75) is 10.9 Å². The minimum absolute atomic E-state index is 0.0715. The van der Waals surface area contributed by atoms with Gasteiger partial charge in [-0.3, -0.25) is 13.8 Å². The molecule has 0 N–H and O–H groups in total. The summed E-state index contributed by atoms with van der Waals surface area (Å²) in [7, 11) is 0. The number of nitrogens with zero attached hydrogens (tertiary/aromatic N) is 4. The summed E-state index contributed by atoms with van der Waals surface area (Å²) in [5, 5.41) is 0.877. The Labute approximate surface area is 165 Å². The number of fused-ring (bicyclic) bond motifs is 2. The van der Waals surface area contributed by atoms with Crippen LogP contribution >= 0.6 is 11.8 Å². The molecule has 0 aliphatic rings. The fourth-order valence-electron chi connectivity index (χ4n) is 3.24. The fraction of sp³-hybridized carbons (Fsp3) is 0.0455. The summed E-state index contributed by atoms with van der Waals surface area (Å²) in [5.74, 6) is 0.566. The zero-order valence-corrected chi connectivity index (χ0v) is 15.7. The zero-order valence-electron chi connectivity index (χ0n) is 14.9. The highest BCUT2D eigenvalue weighted by Crippen LogP contribution is 2.29. The predicted octanol–water partition coefficient (Wildman–Crippen LogP) is 4.33. The van der Waals surface area contributed by atoms with Crippen molar-refractivity contribution in [2.24, 2.45) is 0 Å². The number of para-hydroxylation sites is 3. The fourth-order valence-corrected chi connectivity index (χ4v) is 4.16. The third-order valence-electron chi connectivity index (χ3n) is 4.52. The van der Waals surface area contributed by atoms with E-state index in [1.54, 1.807) is 28.4 Å². The largest absolute Gasteiger partial charge is 0.287 e. The van der Waals surface area contributed by atoms with Crippen LogP contribution in [0, 0.1) is 0 Å². The number of aromatic nitrogens is 4. The molecule has 5 aromatic rings. The Bertz CT molecular complexity index is 1340. The topological polar surface area (TPSA) is 52.2 Å². The lowest BCUT2D eigenvalue weighted by molar-refractivity contribution is 0.917. The summed E-state index contributed by atoms with van der Waals surface area (Å²) in [4.78, 5) is 21.7. The second-order valence-electron chi connectivity index (χ2n) is 6.36. The number of hydrogen-bond acceptors (Lipinski definition) is 4. The van der Waals surface area contributed by atoms with Gasteiger partial charge >= 0.3 is 0 Å². The van der Waals surface area contributed by atoms with Crippen LogP contribution in [0.1, 0.15) is 5.69 Å².